The number of aromatic nitrogens is 1. The second-order valence-electron chi connectivity index (χ2n) is 4.91. The Morgan fingerprint density at radius 3 is 2.53 bits per heavy atom. The number of H-pyrrole nitrogens is 1. The van der Waals surface area contributed by atoms with Crippen molar-refractivity contribution in [1.29, 1.82) is 0 Å². The number of amides is 1. The highest BCUT2D eigenvalue weighted by molar-refractivity contribution is 5.95. The molecule has 1 aromatic heterocycles. The lowest BCUT2D eigenvalue weighted by Crippen LogP contribution is -2.41. The van der Waals surface area contributed by atoms with Gasteiger partial charge >= 0.3 is 0 Å². The lowest BCUT2D eigenvalue weighted by atomic mass is 9.83. The van der Waals surface area contributed by atoms with Gasteiger partial charge < -0.3 is 15.4 Å². The molecule has 0 bridgehead atoms. The van der Waals surface area contributed by atoms with Crippen LogP contribution >= 0.6 is 0 Å². The Bertz CT molecular complexity index is 481. The topological polar surface area (TPSA) is 82.2 Å². The summed E-state index contributed by atoms with van der Waals surface area (Å²) >= 11 is 0. The van der Waals surface area contributed by atoms with Gasteiger partial charge in [0.05, 0.1) is 6.61 Å². The van der Waals surface area contributed by atoms with Crippen LogP contribution in [0.5, 0.6) is 0 Å². The van der Waals surface area contributed by atoms with Crippen molar-refractivity contribution in [2.24, 2.45) is 5.41 Å². The summed E-state index contributed by atoms with van der Waals surface area (Å²) in [6, 6.07) is 1.69. The van der Waals surface area contributed by atoms with Crippen molar-refractivity contribution in [3.05, 3.63) is 33.7 Å². The Labute approximate surface area is 113 Å². The monoisotopic (exact) mass is 266 g/mol. The molecule has 19 heavy (non-hydrogen) atoms. The molecule has 1 aromatic rings. The fraction of sp³-hybridized carbons (Fsp3) is 0.571. The van der Waals surface area contributed by atoms with Gasteiger partial charge in [-0.15, -0.1) is 0 Å². The molecule has 3 N–H and O–H groups in total. The zero-order valence-corrected chi connectivity index (χ0v) is 11.7. The van der Waals surface area contributed by atoms with E-state index in [2.05, 4.69) is 10.3 Å². The van der Waals surface area contributed by atoms with E-state index in [1.807, 2.05) is 13.8 Å². The number of hydrogen-bond acceptors (Lipinski definition) is 3. The molecule has 1 rings (SSSR count). The summed E-state index contributed by atoms with van der Waals surface area (Å²) in [5.74, 6) is -0.390. The van der Waals surface area contributed by atoms with Crippen LogP contribution < -0.4 is 10.9 Å². The minimum atomic E-state index is -0.390. The molecule has 0 fully saturated rings. The van der Waals surface area contributed by atoms with Crippen LogP contribution in [0.1, 0.15) is 42.6 Å². The first kappa shape index (κ1) is 15.4. The Hall–Kier alpha value is -1.62. The first-order valence-electron chi connectivity index (χ1n) is 6.57. The first-order valence-corrected chi connectivity index (χ1v) is 6.57. The number of nitrogens with one attached hydrogen (secondary N) is 2. The molecule has 1 heterocycles. The maximum Gasteiger partial charge on any atom is 0.261 e. The number of rotatable bonds is 6. The molecule has 0 spiro atoms. The van der Waals surface area contributed by atoms with Gasteiger partial charge in [0.1, 0.15) is 5.56 Å². The molecule has 0 radical (unpaired) electrons. The van der Waals surface area contributed by atoms with E-state index in [0.717, 1.165) is 12.8 Å². The van der Waals surface area contributed by atoms with Gasteiger partial charge in [-0.05, 0) is 31.4 Å². The van der Waals surface area contributed by atoms with Crippen molar-refractivity contribution in [2.75, 3.05) is 13.2 Å². The largest absolute Gasteiger partial charge is 0.396 e. The van der Waals surface area contributed by atoms with E-state index in [4.69, 9.17) is 0 Å². The van der Waals surface area contributed by atoms with Gasteiger partial charge in [-0.25, -0.2) is 0 Å². The van der Waals surface area contributed by atoms with E-state index in [9.17, 15) is 14.7 Å². The minimum Gasteiger partial charge on any atom is -0.396 e. The lowest BCUT2D eigenvalue weighted by Gasteiger charge is -2.29. The Balaban J connectivity index is 2.84. The minimum absolute atomic E-state index is 0.0183. The summed E-state index contributed by atoms with van der Waals surface area (Å²) < 4.78 is 0. The zero-order valence-electron chi connectivity index (χ0n) is 11.7. The third-order valence-corrected chi connectivity index (χ3v) is 3.86. The number of carbonyl (C=O) groups excluding carboxylic acids is 1. The van der Waals surface area contributed by atoms with Gasteiger partial charge in [0, 0.05) is 18.2 Å². The SMILES string of the molecule is CCC(CC)(CO)CNC(=O)c1c(C)cc[nH]c1=O. The molecule has 5 heteroatoms. The van der Waals surface area contributed by atoms with E-state index in [1.165, 1.54) is 6.20 Å². The fourth-order valence-corrected chi connectivity index (χ4v) is 1.99. The molecule has 0 saturated carbocycles. The molecule has 0 aliphatic heterocycles. The number of carbonyl (C=O) groups is 1. The molecule has 0 saturated heterocycles. The van der Waals surface area contributed by atoms with Gasteiger partial charge in [0.25, 0.3) is 11.5 Å². The van der Waals surface area contributed by atoms with Crippen molar-refractivity contribution in [1.82, 2.24) is 10.3 Å². The average molecular weight is 266 g/mol. The quantitative estimate of drug-likeness (QED) is 0.724. The van der Waals surface area contributed by atoms with Gasteiger partial charge in [-0.1, -0.05) is 13.8 Å². The van der Waals surface area contributed by atoms with Gasteiger partial charge in [0.2, 0.25) is 0 Å². The number of hydrogen-bond donors (Lipinski definition) is 3. The standard InChI is InChI=1S/C14H22N2O3/c1-4-14(5-2,9-17)8-16-13(19)11-10(3)6-7-15-12(11)18/h6-7,17H,4-5,8-9H2,1-3H3,(H,15,18)(H,16,19). The number of aryl methyl sites for hydroxylation is 1. The molecule has 0 unspecified atom stereocenters. The van der Waals surface area contributed by atoms with Gasteiger partial charge in [-0.2, -0.15) is 0 Å². The zero-order chi connectivity index (χ0) is 14.5. The molecule has 0 aromatic carbocycles. The third kappa shape index (κ3) is 3.44. The van der Waals surface area contributed by atoms with E-state index < -0.39 is 0 Å². The van der Waals surface area contributed by atoms with Crippen LogP contribution in [0.2, 0.25) is 0 Å². The van der Waals surface area contributed by atoms with Crippen LogP contribution in [0.15, 0.2) is 17.1 Å². The highest BCUT2D eigenvalue weighted by Gasteiger charge is 2.26. The van der Waals surface area contributed by atoms with E-state index in [0.29, 0.717) is 12.1 Å². The Morgan fingerprint density at radius 1 is 1.42 bits per heavy atom. The summed E-state index contributed by atoms with van der Waals surface area (Å²) in [7, 11) is 0. The smallest absolute Gasteiger partial charge is 0.261 e. The van der Waals surface area contributed by atoms with Crippen LogP contribution in [0.25, 0.3) is 0 Å². The van der Waals surface area contributed by atoms with Crippen molar-refractivity contribution < 1.29 is 9.90 Å². The number of aliphatic hydroxyl groups is 1. The molecule has 5 nitrogen and oxygen atoms in total. The molecule has 106 valence electrons. The molecule has 0 aliphatic rings. The highest BCUT2D eigenvalue weighted by Crippen LogP contribution is 2.24. The van der Waals surface area contributed by atoms with Gasteiger partial charge in [0.15, 0.2) is 0 Å². The predicted octanol–water partition coefficient (Wildman–Crippen LogP) is 1.21. The van der Waals surface area contributed by atoms with Crippen molar-refractivity contribution in [3.63, 3.8) is 0 Å². The molecule has 0 aliphatic carbocycles. The summed E-state index contributed by atoms with van der Waals surface area (Å²) in [5, 5.41) is 12.2. The van der Waals surface area contributed by atoms with Gasteiger partial charge in [-0.3, -0.25) is 9.59 Å². The van der Waals surface area contributed by atoms with Crippen molar-refractivity contribution in [3.8, 4) is 0 Å². The molecular weight excluding hydrogens is 244 g/mol. The molecular formula is C14H22N2O3. The molecule has 1 amide bonds. The van der Waals surface area contributed by atoms with Crippen LogP contribution in [-0.2, 0) is 0 Å². The van der Waals surface area contributed by atoms with E-state index >= 15 is 0 Å². The number of aromatic amines is 1. The summed E-state index contributed by atoms with van der Waals surface area (Å²) in [5.41, 5.74) is 0.0796. The third-order valence-electron chi connectivity index (χ3n) is 3.86. The first-order chi connectivity index (χ1) is 8.99. The average Bonchev–Trinajstić information content (AvgIpc) is 2.41. The second-order valence-corrected chi connectivity index (χ2v) is 4.91. The fourth-order valence-electron chi connectivity index (χ4n) is 1.99. The summed E-state index contributed by atoms with van der Waals surface area (Å²) in [4.78, 5) is 26.2. The molecule has 0 atom stereocenters. The van der Waals surface area contributed by atoms with E-state index in [-0.39, 0.29) is 29.1 Å². The summed E-state index contributed by atoms with van der Waals surface area (Å²) in [6.45, 7) is 6.06. The van der Waals surface area contributed by atoms with Crippen LogP contribution in [0.4, 0.5) is 0 Å². The van der Waals surface area contributed by atoms with Crippen LogP contribution in [0.3, 0.4) is 0 Å². The van der Waals surface area contributed by atoms with Crippen molar-refractivity contribution in [2.45, 2.75) is 33.6 Å². The van der Waals surface area contributed by atoms with E-state index in [1.54, 1.807) is 13.0 Å². The van der Waals surface area contributed by atoms with Crippen LogP contribution in [0, 0.1) is 12.3 Å². The number of pyridine rings is 1. The number of aliphatic hydroxyl groups excluding tert-OH is 1. The Morgan fingerprint density at radius 2 is 2.05 bits per heavy atom. The Kier molecular flexibility index (Phi) is 5.30. The van der Waals surface area contributed by atoms with Crippen LogP contribution in [-0.4, -0.2) is 29.1 Å². The summed E-state index contributed by atoms with van der Waals surface area (Å²) in [6.07, 6.45) is 3.05. The normalized spacial score (nSPS) is 11.4. The highest BCUT2D eigenvalue weighted by atomic mass is 16.3. The lowest BCUT2D eigenvalue weighted by molar-refractivity contribution is 0.0849. The maximum atomic E-state index is 12.1. The van der Waals surface area contributed by atoms with Crippen molar-refractivity contribution >= 4 is 5.91 Å². The second kappa shape index (κ2) is 6.52. The maximum absolute atomic E-state index is 12.1. The predicted molar refractivity (Wildman–Crippen MR) is 74.2 cm³/mol.